The summed E-state index contributed by atoms with van der Waals surface area (Å²) in [5.74, 6) is 0. The van der Waals surface area contributed by atoms with Crippen molar-refractivity contribution in [2.75, 3.05) is 0 Å². The maximum Gasteiger partial charge on any atom is 0.136 e. The van der Waals surface area contributed by atoms with Crippen molar-refractivity contribution in [1.29, 1.82) is 0 Å². The first-order chi connectivity index (χ1) is 6.69. The molecule has 1 unspecified atom stereocenters. The Morgan fingerprint density at radius 1 is 1.43 bits per heavy atom. The van der Waals surface area contributed by atoms with Gasteiger partial charge >= 0.3 is 0 Å². The van der Waals surface area contributed by atoms with E-state index in [1.165, 1.54) is 6.33 Å². The van der Waals surface area contributed by atoms with Gasteiger partial charge in [-0.3, -0.25) is 0 Å². The van der Waals surface area contributed by atoms with Crippen LogP contribution in [0.3, 0.4) is 0 Å². The summed E-state index contributed by atoms with van der Waals surface area (Å²) >= 11 is 7.77. The zero-order valence-electron chi connectivity index (χ0n) is 8.75. The Hall–Kier alpha value is -0.280. The zero-order chi connectivity index (χ0) is 10.6. The highest BCUT2D eigenvalue weighted by Gasteiger charge is 2.10. The molecule has 0 saturated carbocycles. The molecule has 0 amide bonds. The summed E-state index contributed by atoms with van der Waals surface area (Å²) < 4.78 is 0. The van der Waals surface area contributed by atoms with Crippen LogP contribution in [0, 0.1) is 0 Å². The fourth-order valence-corrected chi connectivity index (χ4v) is 2.41. The van der Waals surface area contributed by atoms with Crippen LogP contribution in [0.4, 0.5) is 0 Å². The Morgan fingerprint density at radius 3 is 2.71 bits per heavy atom. The van der Waals surface area contributed by atoms with Crippen LogP contribution in [0.25, 0.3) is 0 Å². The van der Waals surface area contributed by atoms with E-state index in [0.717, 1.165) is 23.4 Å². The molecule has 1 atom stereocenters. The fourth-order valence-electron chi connectivity index (χ4n) is 1.05. The van der Waals surface area contributed by atoms with Crippen molar-refractivity contribution < 1.29 is 0 Å². The average Bonchev–Trinajstić information content (AvgIpc) is 2.18. The number of nitrogens with zero attached hydrogens (tertiary/aromatic N) is 2. The van der Waals surface area contributed by atoms with Gasteiger partial charge in [-0.2, -0.15) is 0 Å². The summed E-state index contributed by atoms with van der Waals surface area (Å²) in [6.45, 7) is 6.44. The van der Waals surface area contributed by atoms with Crippen LogP contribution in [0.5, 0.6) is 0 Å². The number of hydrogen-bond donors (Lipinski definition) is 0. The summed E-state index contributed by atoms with van der Waals surface area (Å²) in [5.41, 5.74) is 1.07. The van der Waals surface area contributed by atoms with Crippen molar-refractivity contribution in [3.05, 3.63) is 17.0 Å². The molecule has 0 spiro atoms. The van der Waals surface area contributed by atoms with Crippen LogP contribution in [-0.4, -0.2) is 15.2 Å². The van der Waals surface area contributed by atoms with E-state index in [1.807, 2.05) is 0 Å². The standard InChI is InChI=1S/C10H15ClN2S/c1-4-7(3)14-10-8(5-2)9(11)12-6-13-10/h6-7H,4-5H2,1-3H3. The van der Waals surface area contributed by atoms with Gasteiger partial charge in [0.2, 0.25) is 0 Å². The highest BCUT2D eigenvalue weighted by atomic mass is 35.5. The lowest BCUT2D eigenvalue weighted by Gasteiger charge is -2.10. The number of aromatic nitrogens is 2. The molecule has 0 bridgehead atoms. The number of halogens is 1. The largest absolute Gasteiger partial charge is 0.230 e. The third kappa shape index (κ3) is 2.85. The molecule has 0 radical (unpaired) electrons. The quantitative estimate of drug-likeness (QED) is 0.584. The third-order valence-corrected chi connectivity index (χ3v) is 3.73. The monoisotopic (exact) mass is 230 g/mol. The smallest absolute Gasteiger partial charge is 0.136 e. The van der Waals surface area contributed by atoms with Gasteiger partial charge in [-0.05, 0) is 12.8 Å². The van der Waals surface area contributed by atoms with Crippen molar-refractivity contribution in [1.82, 2.24) is 9.97 Å². The minimum Gasteiger partial charge on any atom is -0.230 e. The highest BCUT2D eigenvalue weighted by Crippen LogP contribution is 2.29. The first-order valence-corrected chi connectivity index (χ1v) is 6.10. The van der Waals surface area contributed by atoms with Crippen LogP contribution < -0.4 is 0 Å². The van der Waals surface area contributed by atoms with Gasteiger partial charge in [0.25, 0.3) is 0 Å². The molecular weight excluding hydrogens is 216 g/mol. The van der Waals surface area contributed by atoms with Crippen molar-refractivity contribution in [2.24, 2.45) is 0 Å². The number of hydrogen-bond acceptors (Lipinski definition) is 3. The van der Waals surface area contributed by atoms with E-state index in [2.05, 4.69) is 30.7 Å². The molecular formula is C10H15ClN2S. The van der Waals surface area contributed by atoms with Crippen LogP contribution >= 0.6 is 23.4 Å². The molecule has 0 aliphatic heterocycles. The molecule has 78 valence electrons. The summed E-state index contributed by atoms with van der Waals surface area (Å²) in [6, 6.07) is 0. The van der Waals surface area contributed by atoms with Crippen molar-refractivity contribution >= 4 is 23.4 Å². The molecule has 2 nitrogen and oxygen atoms in total. The Kier molecular flexibility index (Phi) is 4.69. The second-order valence-electron chi connectivity index (χ2n) is 3.14. The maximum atomic E-state index is 5.99. The Morgan fingerprint density at radius 2 is 2.14 bits per heavy atom. The molecule has 0 saturated heterocycles. The molecule has 1 aromatic rings. The van der Waals surface area contributed by atoms with E-state index in [0.29, 0.717) is 10.4 Å². The molecule has 1 rings (SSSR count). The molecule has 1 heterocycles. The van der Waals surface area contributed by atoms with E-state index >= 15 is 0 Å². The molecule has 0 N–H and O–H groups in total. The lowest BCUT2D eigenvalue weighted by molar-refractivity contribution is 0.886. The van der Waals surface area contributed by atoms with Gasteiger partial charge in [-0.25, -0.2) is 9.97 Å². The number of thioether (sulfide) groups is 1. The lowest BCUT2D eigenvalue weighted by atomic mass is 10.3. The first-order valence-electron chi connectivity index (χ1n) is 4.85. The lowest BCUT2D eigenvalue weighted by Crippen LogP contribution is -1.99. The molecule has 14 heavy (non-hydrogen) atoms. The van der Waals surface area contributed by atoms with Crippen molar-refractivity contribution in [2.45, 2.75) is 43.9 Å². The van der Waals surface area contributed by atoms with Gasteiger partial charge in [0, 0.05) is 10.8 Å². The highest BCUT2D eigenvalue weighted by molar-refractivity contribution is 7.99. The van der Waals surface area contributed by atoms with Crippen molar-refractivity contribution in [3.8, 4) is 0 Å². The van der Waals surface area contributed by atoms with E-state index in [1.54, 1.807) is 11.8 Å². The van der Waals surface area contributed by atoms with E-state index in [9.17, 15) is 0 Å². The van der Waals surface area contributed by atoms with E-state index in [-0.39, 0.29) is 0 Å². The van der Waals surface area contributed by atoms with Crippen LogP contribution in [0.15, 0.2) is 11.4 Å². The Balaban J connectivity index is 2.90. The SMILES string of the molecule is CCc1c(Cl)ncnc1SC(C)CC. The van der Waals surface area contributed by atoms with E-state index in [4.69, 9.17) is 11.6 Å². The van der Waals surface area contributed by atoms with Gasteiger partial charge < -0.3 is 0 Å². The predicted molar refractivity (Wildman–Crippen MR) is 62.0 cm³/mol. The summed E-state index contributed by atoms with van der Waals surface area (Å²) in [6.07, 6.45) is 3.56. The summed E-state index contributed by atoms with van der Waals surface area (Å²) in [5, 5.41) is 2.20. The van der Waals surface area contributed by atoms with Gasteiger partial charge in [0.05, 0.1) is 0 Å². The Bertz CT molecular complexity index is 304. The number of rotatable bonds is 4. The predicted octanol–water partition coefficient (Wildman–Crippen LogP) is 3.58. The van der Waals surface area contributed by atoms with Crippen LogP contribution in [-0.2, 0) is 6.42 Å². The van der Waals surface area contributed by atoms with E-state index < -0.39 is 0 Å². The molecule has 0 aliphatic rings. The van der Waals surface area contributed by atoms with Crippen molar-refractivity contribution in [3.63, 3.8) is 0 Å². The van der Waals surface area contributed by atoms with Gasteiger partial charge in [-0.1, -0.05) is 32.4 Å². The molecule has 1 aromatic heterocycles. The van der Waals surface area contributed by atoms with Crippen LogP contribution in [0.2, 0.25) is 5.15 Å². The second kappa shape index (κ2) is 5.56. The molecule has 4 heteroatoms. The topological polar surface area (TPSA) is 25.8 Å². The first kappa shape index (κ1) is 11.8. The molecule has 0 fully saturated rings. The van der Waals surface area contributed by atoms with Crippen LogP contribution in [0.1, 0.15) is 32.8 Å². The van der Waals surface area contributed by atoms with Gasteiger partial charge in [0.1, 0.15) is 16.5 Å². The summed E-state index contributed by atoms with van der Waals surface area (Å²) in [4.78, 5) is 8.25. The minimum absolute atomic E-state index is 0.575. The normalized spacial score (nSPS) is 12.9. The second-order valence-corrected chi connectivity index (χ2v) is 4.92. The molecule has 0 aliphatic carbocycles. The molecule has 0 aromatic carbocycles. The summed E-state index contributed by atoms with van der Waals surface area (Å²) in [7, 11) is 0. The van der Waals surface area contributed by atoms with Gasteiger partial charge in [-0.15, -0.1) is 11.8 Å². The average molecular weight is 231 g/mol. The van der Waals surface area contributed by atoms with Gasteiger partial charge in [0.15, 0.2) is 0 Å². The maximum absolute atomic E-state index is 5.99. The fraction of sp³-hybridized carbons (Fsp3) is 0.600. The zero-order valence-corrected chi connectivity index (χ0v) is 10.3. The minimum atomic E-state index is 0.575. The Labute approximate surface area is 94.5 Å². The third-order valence-electron chi connectivity index (χ3n) is 2.09.